The van der Waals surface area contributed by atoms with E-state index in [9.17, 15) is 0 Å². The van der Waals surface area contributed by atoms with Gasteiger partial charge in [-0.15, -0.1) is 0 Å². The molecule has 1 atom stereocenters. The molecular weight excluding hydrogens is 170 g/mol. The molecule has 3 N–H and O–H groups in total. The molecule has 0 amide bonds. The smallest absolute Gasteiger partial charge is 0.231 e. The Hall–Kier alpha value is -1.00. The number of aliphatic hydroxyl groups excluding tert-OH is 1. The maximum Gasteiger partial charge on any atom is 0.231 e. The fourth-order valence-electron chi connectivity index (χ4n) is 1.56. The van der Waals surface area contributed by atoms with Gasteiger partial charge in [0.1, 0.15) is 0 Å². The minimum atomic E-state index is -0.471. The van der Waals surface area contributed by atoms with Crippen LogP contribution in [0.1, 0.15) is 12.8 Å². The summed E-state index contributed by atoms with van der Waals surface area (Å²) in [6, 6.07) is 0. The Bertz CT molecular complexity index is 272. The topological polar surface area (TPSA) is 64.7 Å². The zero-order chi connectivity index (χ0) is 9.31. The van der Waals surface area contributed by atoms with Gasteiger partial charge >= 0.3 is 0 Å². The zero-order valence-corrected chi connectivity index (χ0v) is 7.32. The molecule has 0 saturated carbocycles. The monoisotopic (exact) mass is 183 g/mol. The van der Waals surface area contributed by atoms with E-state index >= 15 is 0 Å². The first-order valence-corrected chi connectivity index (χ1v) is 4.32. The van der Waals surface area contributed by atoms with Crippen LogP contribution in [-0.2, 0) is 9.47 Å². The van der Waals surface area contributed by atoms with Gasteiger partial charge in [0.15, 0.2) is 11.5 Å². The van der Waals surface area contributed by atoms with Crippen molar-refractivity contribution in [3.8, 4) is 0 Å². The molecule has 0 spiro atoms. The summed E-state index contributed by atoms with van der Waals surface area (Å²) in [5.74, 6) is 1.49. The van der Waals surface area contributed by atoms with Crippen molar-refractivity contribution in [2.24, 2.45) is 5.73 Å². The quantitative estimate of drug-likeness (QED) is 0.643. The van der Waals surface area contributed by atoms with Crippen molar-refractivity contribution >= 4 is 0 Å². The van der Waals surface area contributed by atoms with E-state index in [0.29, 0.717) is 18.6 Å². The second kappa shape index (κ2) is 3.05. The van der Waals surface area contributed by atoms with Crippen molar-refractivity contribution in [2.45, 2.75) is 18.4 Å². The maximum atomic E-state index is 8.82. The molecule has 1 aliphatic carbocycles. The third-order valence-electron chi connectivity index (χ3n) is 2.34. The Morgan fingerprint density at radius 1 is 1.46 bits per heavy atom. The van der Waals surface area contributed by atoms with Crippen LogP contribution in [0.25, 0.3) is 0 Å². The van der Waals surface area contributed by atoms with Crippen LogP contribution in [0.15, 0.2) is 23.7 Å². The number of rotatable bonds is 2. The summed E-state index contributed by atoms with van der Waals surface area (Å²) in [7, 11) is 0. The van der Waals surface area contributed by atoms with Gasteiger partial charge in [-0.1, -0.05) is 0 Å². The van der Waals surface area contributed by atoms with Crippen LogP contribution in [0.2, 0.25) is 0 Å². The van der Waals surface area contributed by atoms with Gasteiger partial charge < -0.3 is 20.3 Å². The summed E-state index contributed by atoms with van der Waals surface area (Å²) in [5, 5.41) is 8.82. The molecule has 1 aliphatic heterocycles. The van der Waals surface area contributed by atoms with Crippen molar-refractivity contribution in [3.63, 3.8) is 0 Å². The number of aliphatic hydroxyl groups is 1. The van der Waals surface area contributed by atoms with E-state index in [4.69, 9.17) is 20.3 Å². The largest absolute Gasteiger partial charge is 0.454 e. The Morgan fingerprint density at radius 3 is 3.00 bits per heavy atom. The fourth-order valence-corrected chi connectivity index (χ4v) is 1.56. The molecule has 2 aliphatic rings. The van der Waals surface area contributed by atoms with Crippen LogP contribution >= 0.6 is 0 Å². The van der Waals surface area contributed by atoms with Gasteiger partial charge in [0, 0.05) is 12.1 Å². The first-order chi connectivity index (χ1) is 6.23. The SMILES string of the molecule is NC1(CCO)C=C2OCOC2=CC1. The Labute approximate surface area is 76.6 Å². The maximum absolute atomic E-state index is 8.82. The first kappa shape index (κ1) is 8.59. The standard InChI is InChI=1S/C9H13NO3/c10-9(3-4-11)2-1-7-8(5-9)13-6-12-7/h1,5,11H,2-4,6,10H2. The highest BCUT2D eigenvalue weighted by Gasteiger charge is 2.30. The third-order valence-corrected chi connectivity index (χ3v) is 2.34. The van der Waals surface area contributed by atoms with Gasteiger partial charge in [-0.05, 0) is 25.0 Å². The van der Waals surface area contributed by atoms with Crippen molar-refractivity contribution < 1.29 is 14.6 Å². The lowest BCUT2D eigenvalue weighted by atomic mass is 9.88. The van der Waals surface area contributed by atoms with Crippen molar-refractivity contribution in [1.29, 1.82) is 0 Å². The molecule has 0 radical (unpaired) electrons. The van der Waals surface area contributed by atoms with Gasteiger partial charge in [-0.25, -0.2) is 0 Å². The predicted molar refractivity (Wildman–Crippen MR) is 46.4 cm³/mol. The molecule has 1 saturated heterocycles. The molecule has 1 unspecified atom stereocenters. The van der Waals surface area contributed by atoms with Crippen molar-refractivity contribution in [1.82, 2.24) is 0 Å². The molecule has 0 aromatic rings. The minimum absolute atomic E-state index is 0.0876. The lowest BCUT2D eigenvalue weighted by Gasteiger charge is -2.26. The highest BCUT2D eigenvalue weighted by molar-refractivity contribution is 5.32. The summed E-state index contributed by atoms with van der Waals surface area (Å²) in [4.78, 5) is 0. The highest BCUT2D eigenvalue weighted by Crippen LogP contribution is 2.31. The predicted octanol–water partition coefficient (Wildman–Crippen LogP) is 0.242. The molecule has 4 heteroatoms. The number of ether oxygens (including phenoxy) is 2. The van der Waals surface area contributed by atoms with Crippen LogP contribution in [0.3, 0.4) is 0 Å². The minimum Gasteiger partial charge on any atom is -0.454 e. The van der Waals surface area contributed by atoms with Crippen LogP contribution in [0, 0.1) is 0 Å². The zero-order valence-electron chi connectivity index (χ0n) is 7.32. The van der Waals surface area contributed by atoms with Gasteiger partial charge in [0.25, 0.3) is 0 Å². The van der Waals surface area contributed by atoms with Crippen LogP contribution in [-0.4, -0.2) is 24.0 Å². The van der Waals surface area contributed by atoms with Gasteiger partial charge in [0.05, 0.1) is 0 Å². The first-order valence-electron chi connectivity index (χ1n) is 4.32. The molecule has 72 valence electrons. The summed E-state index contributed by atoms with van der Waals surface area (Å²) in [5.41, 5.74) is 5.54. The Morgan fingerprint density at radius 2 is 2.23 bits per heavy atom. The summed E-state index contributed by atoms with van der Waals surface area (Å²) in [6.45, 7) is 0.358. The van der Waals surface area contributed by atoms with E-state index in [1.165, 1.54) is 0 Å². The molecule has 1 heterocycles. The fraction of sp³-hybridized carbons (Fsp3) is 0.556. The van der Waals surface area contributed by atoms with E-state index < -0.39 is 5.54 Å². The summed E-state index contributed by atoms with van der Waals surface area (Å²) >= 11 is 0. The Kier molecular flexibility index (Phi) is 2.01. The molecule has 0 bridgehead atoms. The average molecular weight is 183 g/mol. The molecule has 0 aromatic carbocycles. The molecule has 1 fully saturated rings. The van der Waals surface area contributed by atoms with Crippen molar-refractivity contribution in [3.05, 3.63) is 23.7 Å². The summed E-state index contributed by atoms with van der Waals surface area (Å²) < 4.78 is 10.4. The summed E-state index contributed by atoms with van der Waals surface area (Å²) in [6.07, 6.45) is 4.99. The van der Waals surface area contributed by atoms with E-state index in [2.05, 4.69) is 0 Å². The highest BCUT2D eigenvalue weighted by atomic mass is 16.7. The van der Waals surface area contributed by atoms with E-state index in [1.807, 2.05) is 12.2 Å². The molecule has 13 heavy (non-hydrogen) atoms. The Balaban J connectivity index is 2.17. The third kappa shape index (κ3) is 1.55. The van der Waals surface area contributed by atoms with Crippen LogP contribution in [0.4, 0.5) is 0 Å². The molecule has 4 nitrogen and oxygen atoms in total. The molecule has 2 rings (SSSR count). The van der Waals surface area contributed by atoms with Gasteiger partial charge in [-0.3, -0.25) is 0 Å². The lowest BCUT2D eigenvalue weighted by Crippen LogP contribution is -2.39. The average Bonchev–Trinajstić information content (AvgIpc) is 2.50. The van der Waals surface area contributed by atoms with E-state index in [0.717, 1.165) is 5.76 Å². The molecule has 0 aromatic heterocycles. The van der Waals surface area contributed by atoms with E-state index in [1.54, 1.807) is 0 Å². The molecular formula is C9H13NO3. The van der Waals surface area contributed by atoms with Gasteiger partial charge in [-0.2, -0.15) is 0 Å². The van der Waals surface area contributed by atoms with Crippen LogP contribution in [0.5, 0.6) is 0 Å². The van der Waals surface area contributed by atoms with Crippen molar-refractivity contribution in [2.75, 3.05) is 13.4 Å². The van der Waals surface area contributed by atoms with Gasteiger partial charge in [0.2, 0.25) is 6.79 Å². The second-order valence-electron chi connectivity index (χ2n) is 3.39. The number of nitrogens with two attached hydrogens (primary N) is 1. The normalized spacial score (nSPS) is 31.2. The number of hydrogen-bond acceptors (Lipinski definition) is 4. The number of fused-ring (bicyclic) bond motifs is 1. The van der Waals surface area contributed by atoms with Crippen LogP contribution < -0.4 is 5.73 Å². The lowest BCUT2D eigenvalue weighted by molar-refractivity contribution is 0.0976. The number of hydrogen-bond donors (Lipinski definition) is 2. The second-order valence-corrected chi connectivity index (χ2v) is 3.39. The van der Waals surface area contributed by atoms with E-state index in [-0.39, 0.29) is 13.4 Å².